The Hall–Kier alpha value is -3.20. The van der Waals surface area contributed by atoms with Crippen molar-refractivity contribution in [2.45, 2.75) is 13.1 Å². The number of methoxy groups -OCH3 is 2. The molecule has 2 aromatic carbocycles. The average molecular weight is 338 g/mol. The average Bonchev–Trinajstić information content (AvgIpc) is 2.68. The maximum absolute atomic E-state index is 8.96. The Morgan fingerprint density at radius 1 is 1.08 bits per heavy atom. The Bertz CT molecular complexity index is 781. The van der Waals surface area contributed by atoms with Crippen molar-refractivity contribution in [2.75, 3.05) is 21.3 Å². The van der Waals surface area contributed by atoms with Crippen molar-refractivity contribution < 1.29 is 9.47 Å². The lowest BCUT2D eigenvalue weighted by Crippen LogP contribution is -2.36. The fourth-order valence-electron chi connectivity index (χ4n) is 2.33. The van der Waals surface area contributed by atoms with Gasteiger partial charge in [-0.2, -0.15) is 5.26 Å². The smallest absolute Gasteiger partial charge is 0.191 e. The van der Waals surface area contributed by atoms with Gasteiger partial charge in [-0.25, -0.2) is 0 Å². The minimum absolute atomic E-state index is 0.561. The SMILES string of the molecule is CN=C(NCc1cccc(C#N)c1)NCc1ccc(OC)cc1OC. The van der Waals surface area contributed by atoms with Gasteiger partial charge in [-0.1, -0.05) is 12.1 Å². The molecule has 2 N–H and O–H groups in total. The molecule has 0 bridgehead atoms. The standard InChI is InChI=1S/C19H22N4O2/c1-21-19(22-12-15-6-4-5-14(9-15)11-20)23-13-16-7-8-17(24-2)10-18(16)25-3/h4-10H,12-13H2,1-3H3,(H2,21,22,23). The van der Waals surface area contributed by atoms with Gasteiger partial charge in [-0.15, -0.1) is 0 Å². The Kier molecular flexibility index (Phi) is 6.66. The summed E-state index contributed by atoms with van der Waals surface area (Å²) in [6.45, 7) is 1.14. The first kappa shape index (κ1) is 18.1. The van der Waals surface area contributed by atoms with Crippen LogP contribution in [0.4, 0.5) is 0 Å². The number of nitriles is 1. The fourth-order valence-corrected chi connectivity index (χ4v) is 2.33. The lowest BCUT2D eigenvalue weighted by atomic mass is 10.1. The second-order valence-corrected chi connectivity index (χ2v) is 5.27. The molecule has 0 heterocycles. The number of rotatable bonds is 6. The van der Waals surface area contributed by atoms with Crippen molar-refractivity contribution in [3.8, 4) is 17.6 Å². The van der Waals surface area contributed by atoms with Crippen LogP contribution in [0.5, 0.6) is 11.5 Å². The van der Waals surface area contributed by atoms with Crippen LogP contribution in [0.2, 0.25) is 0 Å². The molecule has 130 valence electrons. The van der Waals surface area contributed by atoms with E-state index in [1.807, 2.05) is 36.4 Å². The zero-order chi connectivity index (χ0) is 18.1. The summed E-state index contributed by atoms with van der Waals surface area (Å²) in [5.74, 6) is 2.17. The number of hydrogen-bond donors (Lipinski definition) is 2. The molecule has 6 heteroatoms. The number of nitrogens with one attached hydrogen (secondary N) is 2. The predicted octanol–water partition coefficient (Wildman–Crippen LogP) is 2.44. The van der Waals surface area contributed by atoms with E-state index < -0.39 is 0 Å². The van der Waals surface area contributed by atoms with Crippen LogP contribution < -0.4 is 20.1 Å². The van der Waals surface area contributed by atoms with Gasteiger partial charge in [0.25, 0.3) is 0 Å². The van der Waals surface area contributed by atoms with E-state index in [2.05, 4.69) is 21.7 Å². The molecular weight excluding hydrogens is 316 g/mol. The normalized spacial score (nSPS) is 10.7. The number of ether oxygens (including phenoxy) is 2. The van der Waals surface area contributed by atoms with Gasteiger partial charge in [0.15, 0.2) is 5.96 Å². The van der Waals surface area contributed by atoms with E-state index in [-0.39, 0.29) is 0 Å². The summed E-state index contributed by atoms with van der Waals surface area (Å²) in [4.78, 5) is 4.21. The minimum Gasteiger partial charge on any atom is -0.497 e. The van der Waals surface area contributed by atoms with Gasteiger partial charge < -0.3 is 20.1 Å². The van der Waals surface area contributed by atoms with Gasteiger partial charge in [0, 0.05) is 31.8 Å². The molecule has 0 aliphatic carbocycles. The molecule has 2 aromatic rings. The topological polar surface area (TPSA) is 78.7 Å². The molecule has 0 aliphatic rings. The summed E-state index contributed by atoms with van der Waals surface area (Å²) in [5, 5.41) is 15.4. The van der Waals surface area contributed by atoms with Crippen LogP contribution in [-0.2, 0) is 13.1 Å². The summed E-state index contributed by atoms with van der Waals surface area (Å²) in [6.07, 6.45) is 0. The van der Waals surface area contributed by atoms with Crippen LogP contribution in [0.25, 0.3) is 0 Å². The zero-order valence-corrected chi connectivity index (χ0v) is 14.7. The molecular formula is C19H22N4O2. The van der Waals surface area contributed by atoms with Crippen molar-refractivity contribution in [2.24, 2.45) is 4.99 Å². The summed E-state index contributed by atoms with van der Waals surface area (Å²) < 4.78 is 10.6. The zero-order valence-electron chi connectivity index (χ0n) is 14.7. The maximum atomic E-state index is 8.96. The molecule has 6 nitrogen and oxygen atoms in total. The Balaban J connectivity index is 1.95. The molecule has 25 heavy (non-hydrogen) atoms. The van der Waals surface area contributed by atoms with Gasteiger partial charge in [0.05, 0.1) is 25.9 Å². The van der Waals surface area contributed by atoms with Gasteiger partial charge in [0.1, 0.15) is 11.5 Å². The van der Waals surface area contributed by atoms with Gasteiger partial charge in [-0.3, -0.25) is 4.99 Å². The number of nitrogens with zero attached hydrogens (tertiary/aromatic N) is 2. The third-order valence-electron chi connectivity index (χ3n) is 3.68. The summed E-state index contributed by atoms with van der Waals surface area (Å²) in [7, 11) is 4.97. The predicted molar refractivity (Wildman–Crippen MR) is 97.7 cm³/mol. The Labute approximate surface area is 148 Å². The number of aliphatic imine (C=N–C) groups is 1. The first-order valence-electron chi connectivity index (χ1n) is 7.84. The third kappa shape index (κ3) is 5.15. The van der Waals surface area contributed by atoms with Crippen LogP contribution in [0.15, 0.2) is 47.5 Å². The van der Waals surface area contributed by atoms with E-state index in [4.69, 9.17) is 14.7 Å². The maximum Gasteiger partial charge on any atom is 0.191 e. The molecule has 0 aliphatic heterocycles. The molecule has 2 rings (SSSR count). The molecule has 0 spiro atoms. The van der Waals surface area contributed by atoms with Crippen LogP contribution >= 0.6 is 0 Å². The largest absolute Gasteiger partial charge is 0.497 e. The lowest BCUT2D eigenvalue weighted by molar-refractivity contribution is 0.390. The fraction of sp³-hybridized carbons (Fsp3) is 0.263. The monoisotopic (exact) mass is 338 g/mol. The quantitative estimate of drug-likeness (QED) is 0.625. The second kappa shape index (κ2) is 9.18. The molecule has 0 saturated carbocycles. The highest BCUT2D eigenvalue weighted by molar-refractivity contribution is 5.79. The van der Waals surface area contributed by atoms with Gasteiger partial charge in [0.2, 0.25) is 0 Å². The first-order chi connectivity index (χ1) is 12.2. The molecule has 0 unspecified atom stereocenters. The second-order valence-electron chi connectivity index (χ2n) is 5.27. The van der Waals surface area contributed by atoms with E-state index in [0.29, 0.717) is 24.6 Å². The van der Waals surface area contributed by atoms with E-state index in [0.717, 1.165) is 22.6 Å². The lowest BCUT2D eigenvalue weighted by Gasteiger charge is -2.14. The highest BCUT2D eigenvalue weighted by Gasteiger charge is 2.06. The van der Waals surface area contributed by atoms with E-state index >= 15 is 0 Å². The number of benzene rings is 2. The molecule has 0 fully saturated rings. The number of guanidine groups is 1. The third-order valence-corrected chi connectivity index (χ3v) is 3.68. The van der Waals surface area contributed by atoms with Crippen molar-refractivity contribution in [1.82, 2.24) is 10.6 Å². The summed E-state index contributed by atoms with van der Waals surface area (Å²) in [5.41, 5.74) is 2.66. The molecule has 0 saturated heterocycles. The molecule has 0 amide bonds. The van der Waals surface area contributed by atoms with Crippen LogP contribution in [-0.4, -0.2) is 27.2 Å². The summed E-state index contributed by atoms with van der Waals surface area (Å²) >= 11 is 0. The molecule has 0 atom stereocenters. The van der Waals surface area contributed by atoms with E-state index in [1.54, 1.807) is 27.3 Å². The van der Waals surface area contributed by atoms with Crippen molar-refractivity contribution in [1.29, 1.82) is 5.26 Å². The molecule has 0 radical (unpaired) electrons. The van der Waals surface area contributed by atoms with Gasteiger partial charge >= 0.3 is 0 Å². The Morgan fingerprint density at radius 2 is 1.88 bits per heavy atom. The highest BCUT2D eigenvalue weighted by Crippen LogP contribution is 2.24. The van der Waals surface area contributed by atoms with Crippen LogP contribution in [0.1, 0.15) is 16.7 Å². The van der Waals surface area contributed by atoms with E-state index in [9.17, 15) is 0 Å². The van der Waals surface area contributed by atoms with Crippen molar-refractivity contribution >= 4 is 5.96 Å². The van der Waals surface area contributed by atoms with Crippen LogP contribution in [0.3, 0.4) is 0 Å². The van der Waals surface area contributed by atoms with Gasteiger partial charge in [-0.05, 0) is 29.8 Å². The van der Waals surface area contributed by atoms with Crippen LogP contribution in [0, 0.1) is 11.3 Å². The number of hydrogen-bond acceptors (Lipinski definition) is 4. The Morgan fingerprint density at radius 3 is 2.56 bits per heavy atom. The van der Waals surface area contributed by atoms with E-state index in [1.165, 1.54) is 0 Å². The van der Waals surface area contributed by atoms with Crippen molar-refractivity contribution in [3.63, 3.8) is 0 Å². The summed E-state index contributed by atoms with van der Waals surface area (Å²) in [6, 6.07) is 15.3. The van der Waals surface area contributed by atoms with Crippen molar-refractivity contribution in [3.05, 3.63) is 59.2 Å². The first-order valence-corrected chi connectivity index (χ1v) is 7.84. The molecule has 0 aromatic heterocycles. The highest BCUT2D eigenvalue weighted by atomic mass is 16.5. The minimum atomic E-state index is 0.561.